The van der Waals surface area contributed by atoms with Crippen molar-refractivity contribution in [1.82, 2.24) is 0 Å². The van der Waals surface area contributed by atoms with Crippen molar-refractivity contribution in [2.24, 2.45) is 0 Å². The quantitative estimate of drug-likeness (QED) is 0.605. The number of rotatable bonds is 4. The predicted octanol–water partition coefficient (Wildman–Crippen LogP) is 4.06. The number of hydrogen-bond acceptors (Lipinski definition) is 1. The highest BCUT2D eigenvalue weighted by Gasteiger charge is 2.23. The number of thioether (sulfide) groups is 1. The maximum absolute atomic E-state index is 2.31. The Kier molecular flexibility index (Phi) is 2.94. The summed E-state index contributed by atoms with van der Waals surface area (Å²) in [7, 11) is 0. The van der Waals surface area contributed by atoms with E-state index in [0.29, 0.717) is 0 Å². The molecular formula is C12H16S. The lowest BCUT2D eigenvalue weighted by molar-refractivity contribution is 0.676. The number of allylic oxidation sites excluding steroid dienone is 4. The summed E-state index contributed by atoms with van der Waals surface area (Å²) < 4.78 is 0. The minimum atomic E-state index is 0.761. The van der Waals surface area contributed by atoms with Gasteiger partial charge in [0.2, 0.25) is 0 Å². The second-order valence-corrected chi connectivity index (χ2v) is 4.75. The van der Waals surface area contributed by atoms with Crippen LogP contribution in [0.2, 0.25) is 0 Å². The van der Waals surface area contributed by atoms with E-state index in [4.69, 9.17) is 0 Å². The van der Waals surface area contributed by atoms with Crippen molar-refractivity contribution in [3.05, 3.63) is 34.8 Å². The largest absolute Gasteiger partial charge is 0.125 e. The number of fused-ring (bicyclic) bond motifs is 1. The molecule has 0 bridgehead atoms. The van der Waals surface area contributed by atoms with Gasteiger partial charge in [0.15, 0.2) is 0 Å². The highest BCUT2D eigenvalue weighted by Crippen LogP contribution is 2.40. The minimum absolute atomic E-state index is 0.761. The molecule has 0 saturated carbocycles. The van der Waals surface area contributed by atoms with Gasteiger partial charge in [-0.15, -0.1) is 11.8 Å². The van der Waals surface area contributed by atoms with Crippen LogP contribution in [0.1, 0.15) is 32.6 Å². The summed E-state index contributed by atoms with van der Waals surface area (Å²) in [4.78, 5) is 0. The van der Waals surface area contributed by atoms with Crippen molar-refractivity contribution >= 4 is 11.8 Å². The van der Waals surface area contributed by atoms with E-state index in [0.717, 1.165) is 5.25 Å². The number of unbranched alkanes of at least 4 members (excludes halogenated alkanes) is 2. The molecule has 0 aromatic carbocycles. The van der Waals surface area contributed by atoms with Gasteiger partial charge in [0.1, 0.15) is 0 Å². The molecule has 1 atom stereocenters. The van der Waals surface area contributed by atoms with Gasteiger partial charge in [-0.05, 0) is 23.0 Å². The summed E-state index contributed by atoms with van der Waals surface area (Å²) in [5.41, 5.74) is 3.03. The molecule has 0 N–H and O–H groups in total. The van der Waals surface area contributed by atoms with Gasteiger partial charge < -0.3 is 0 Å². The Morgan fingerprint density at radius 2 is 2.31 bits per heavy atom. The Morgan fingerprint density at radius 1 is 1.38 bits per heavy atom. The first-order valence-corrected chi connectivity index (χ1v) is 6.10. The van der Waals surface area contributed by atoms with Gasteiger partial charge in [-0.2, -0.15) is 0 Å². The van der Waals surface area contributed by atoms with E-state index < -0.39 is 0 Å². The second kappa shape index (κ2) is 4.19. The zero-order valence-electron chi connectivity index (χ0n) is 8.12. The van der Waals surface area contributed by atoms with Crippen LogP contribution in [-0.4, -0.2) is 5.25 Å². The first-order valence-electron chi connectivity index (χ1n) is 5.16. The van der Waals surface area contributed by atoms with Crippen LogP contribution in [0.5, 0.6) is 0 Å². The smallest absolute Gasteiger partial charge is 0.0344 e. The van der Waals surface area contributed by atoms with Gasteiger partial charge in [0.05, 0.1) is 0 Å². The normalized spacial score (nSPS) is 24.5. The summed E-state index contributed by atoms with van der Waals surface area (Å²) in [6.07, 6.45) is 12.1. The molecule has 1 heteroatoms. The van der Waals surface area contributed by atoms with Gasteiger partial charge in [-0.1, -0.05) is 44.4 Å². The molecule has 13 heavy (non-hydrogen) atoms. The fourth-order valence-electron chi connectivity index (χ4n) is 1.88. The summed E-state index contributed by atoms with van der Waals surface area (Å²) in [6, 6.07) is 0. The SMILES string of the molecule is CCCCCC1SC=C2C=CC=C21. The molecule has 0 spiro atoms. The first kappa shape index (κ1) is 9.14. The van der Waals surface area contributed by atoms with E-state index in [-0.39, 0.29) is 0 Å². The van der Waals surface area contributed by atoms with Crippen molar-refractivity contribution in [1.29, 1.82) is 0 Å². The Bertz CT molecular complexity index is 271. The third-order valence-electron chi connectivity index (χ3n) is 2.66. The molecule has 2 rings (SSSR count). The molecule has 1 aliphatic heterocycles. The van der Waals surface area contributed by atoms with Crippen molar-refractivity contribution in [2.75, 3.05) is 0 Å². The summed E-state index contributed by atoms with van der Waals surface area (Å²) >= 11 is 2.00. The van der Waals surface area contributed by atoms with Crippen LogP contribution < -0.4 is 0 Å². The molecular weight excluding hydrogens is 176 g/mol. The minimum Gasteiger partial charge on any atom is -0.125 e. The van der Waals surface area contributed by atoms with Crippen LogP contribution in [0, 0.1) is 0 Å². The lowest BCUT2D eigenvalue weighted by Crippen LogP contribution is -2.01. The van der Waals surface area contributed by atoms with Gasteiger partial charge >= 0.3 is 0 Å². The maximum atomic E-state index is 2.31. The lowest BCUT2D eigenvalue weighted by Gasteiger charge is -2.10. The fraction of sp³-hybridized carbons (Fsp3) is 0.500. The molecule has 2 aliphatic rings. The molecule has 1 aliphatic carbocycles. The van der Waals surface area contributed by atoms with Gasteiger partial charge in [-0.3, -0.25) is 0 Å². The second-order valence-electron chi connectivity index (χ2n) is 3.67. The van der Waals surface area contributed by atoms with E-state index in [2.05, 4.69) is 30.6 Å². The van der Waals surface area contributed by atoms with Crippen molar-refractivity contribution < 1.29 is 0 Å². The van der Waals surface area contributed by atoms with Crippen molar-refractivity contribution in [3.8, 4) is 0 Å². The topological polar surface area (TPSA) is 0 Å². The van der Waals surface area contributed by atoms with Gasteiger partial charge in [-0.25, -0.2) is 0 Å². The average molecular weight is 192 g/mol. The van der Waals surface area contributed by atoms with Crippen LogP contribution in [0.4, 0.5) is 0 Å². The van der Waals surface area contributed by atoms with E-state index in [1.54, 1.807) is 5.57 Å². The monoisotopic (exact) mass is 192 g/mol. The lowest BCUT2D eigenvalue weighted by atomic mass is 10.0. The molecule has 1 unspecified atom stereocenters. The molecule has 70 valence electrons. The number of hydrogen-bond donors (Lipinski definition) is 0. The van der Waals surface area contributed by atoms with Crippen LogP contribution in [0.15, 0.2) is 34.8 Å². The third kappa shape index (κ3) is 1.91. The van der Waals surface area contributed by atoms with E-state index in [1.165, 1.54) is 31.3 Å². The zero-order chi connectivity index (χ0) is 9.10. The summed E-state index contributed by atoms with van der Waals surface area (Å²) in [5.74, 6) is 0. The highest BCUT2D eigenvalue weighted by molar-refractivity contribution is 8.03. The highest BCUT2D eigenvalue weighted by atomic mass is 32.2. The Hall–Kier alpha value is -0.430. The summed E-state index contributed by atoms with van der Waals surface area (Å²) in [6.45, 7) is 2.27. The standard InChI is InChI=1S/C12H16S/c1-2-3-4-8-12-11-7-5-6-10(11)9-13-12/h5-7,9,12H,2-4,8H2,1H3. The Labute approximate surface area is 84.8 Å². The van der Waals surface area contributed by atoms with E-state index in [9.17, 15) is 0 Å². The maximum Gasteiger partial charge on any atom is 0.0344 e. The van der Waals surface area contributed by atoms with Crippen molar-refractivity contribution in [2.45, 2.75) is 37.9 Å². The van der Waals surface area contributed by atoms with Gasteiger partial charge in [0, 0.05) is 5.25 Å². The summed E-state index contributed by atoms with van der Waals surface area (Å²) in [5, 5.41) is 3.07. The Balaban J connectivity index is 1.85. The Morgan fingerprint density at radius 3 is 3.15 bits per heavy atom. The van der Waals surface area contributed by atoms with E-state index >= 15 is 0 Å². The molecule has 0 aromatic rings. The molecule has 1 heterocycles. The van der Waals surface area contributed by atoms with Crippen LogP contribution in [-0.2, 0) is 0 Å². The van der Waals surface area contributed by atoms with E-state index in [1.807, 2.05) is 11.8 Å². The van der Waals surface area contributed by atoms with Gasteiger partial charge in [0.25, 0.3) is 0 Å². The molecule has 0 saturated heterocycles. The van der Waals surface area contributed by atoms with Crippen LogP contribution in [0.25, 0.3) is 0 Å². The van der Waals surface area contributed by atoms with Crippen molar-refractivity contribution in [3.63, 3.8) is 0 Å². The zero-order valence-corrected chi connectivity index (χ0v) is 8.94. The molecule has 0 nitrogen and oxygen atoms in total. The fourth-order valence-corrected chi connectivity index (χ4v) is 3.07. The predicted molar refractivity (Wildman–Crippen MR) is 60.8 cm³/mol. The average Bonchev–Trinajstić information content (AvgIpc) is 2.68. The first-order chi connectivity index (χ1) is 6.42. The molecule has 0 radical (unpaired) electrons. The molecule has 0 fully saturated rings. The molecule has 0 amide bonds. The molecule has 0 aromatic heterocycles. The third-order valence-corrected chi connectivity index (χ3v) is 3.87. The van der Waals surface area contributed by atoms with Crippen LogP contribution in [0.3, 0.4) is 0 Å². The van der Waals surface area contributed by atoms with Crippen LogP contribution >= 0.6 is 11.8 Å².